The zero-order valence-corrected chi connectivity index (χ0v) is 19.7. The first-order valence-corrected chi connectivity index (χ1v) is 11.7. The molecule has 0 N–H and O–H groups in total. The van der Waals surface area contributed by atoms with Crippen LogP contribution in [0.4, 0.5) is 29.1 Å². The van der Waals surface area contributed by atoms with Gasteiger partial charge in [0, 0.05) is 32.4 Å². The topological polar surface area (TPSA) is 99.6 Å². The molecule has 1 fully saturated rings. The zero-order chi connectivity index (χ0) is 26.9. The maximum Gasteiger partial charge on any atom is 0.573 e. The molecule has 2 aromatic carbocycles. The van der Waals surface area contributed by atoms with Crippen molar-refractivity contribution in [1.29, 1.82) is 0 Å². The Hall–Kier alpha value is -4.29. The number of hydrogen-bond donors (Lipinski definition) is 0. The first-order chi connectivity index (χ1) is 18.1. The number of hydrogen-bond acceptors (Lipinski definition) is 8. The Morgan fingerprint density at radius 1 is 1.03 bits per heavy atom. The Labute approximate surface area is 213 Å². The number of nitro groups is 1. The van der Waals surface area contributed by atoms with Crippen molar-refractivity contribution in [1.82, 2.24) is 0 Å². The van der Waals surface area contributed by atoms with E-state index in [1.807, 2.05) is 4.90 Å². The average Bonchev–Trinajstić information content (AvgIpc) is 3.55. The first-order valence-electron chi connectivity index (χ1n) is 11.7. The molecule has 38 heavy (non-hydrogen) atoms. The molecule has 0 amide bonds. The van der Waals surface area contributed by atoms with E-state index in [0.717, 1.165) is 0 Å². The molecular formula is C25H21F4N3O6. The molecular weight excluding hydrogens is 514 g/mol. The highest BCUT2D eigenvalue weighted by molar-refractivity contribution is 5.99. The van der Waals surface area contributed by atoms with Crippen LogP contribution in [-0.4, -0.2) is 36.2 Å². The van der Waals surface area contributed by atoms with Crippen LogP contribution in [-0.2, 0) is 4.84 Å². The summed E-state index contributed by atoms with van der Waals surface area (Å²) in [5.74, 6) is -0.492. The van der Waals surface area contributed by atoms with E-state index in [-0.39, 0.29) is 24.0 Å². The molecule has 1 saturated heterocycles. The van der Waals surface area contributed by atoms with Crippen LogP contribution in [0, 0.1) is 15.9 Å². The van der Waals surface area contributed by atoms with E-state index >= 15 is 4.39 Å². The largest absolute Gasteiger partial charge is 0.573 e. The predicted octanol–water partition coefficient (Wildman–Crippen LogP) is 6.14. The fraction of sp³-hybridized carbons (Fsp3) is 0.320. The van der Waals surface area contributed by atoms with Crippen LogP contribution in [0.2, 0.25) is 0 Å². The van der Waals surface area contributed by atoms with Gasteiger partial charge in [-0.1, -0.05) is 11.2 Å². The number of ether oxygens (including phenoxy) is 2. The average molecular weight is 535 g/mol. The quantitative estimate of drug-likeness (QED) is 0.204. The number of nitrogens with zero attached hydrogens (tertiary/aromatic N) is 3. The van der Waals surface area contributed by atoms with Crippen molar-refractivity contribution in [3.05, 3.63) is 81.9 Å². The van der Waals surface area contributed by atoms with Crippen LogP contribution in [0.25, 0.3) is 0 Å². The van der Waals surface area contributed by atoms with E-state index in [2.05, 4.69) is 9.89 Å². The second-order valence-corrected chi connectivity index (χ2v) is 8.77. The van der Waals surface area contributed by atoms with Crippen molar-refractivity contribution in [2.45, 2.75) is 37.8 Å². The lowest BCUT2D eigenvalue weighted by atomic mass is 10.0. The van der Waals surface area contributed by atoms with Crippen LogP contribution in [0.3, 0.4) is 0 Å². The van der Waals surface area contributed by atoms with Crippen molar-refractivity contribution in [3.63, 3.8) is 0 Å². The molecule has 2 aliphatic heterocycles. The van der Waals surface area contributed by atoms with Crippen molar-refractivity contribution in [3.8, 4) is 11.5 Å². The molecule has 1 atom stereocenters. The lowest BCUT2D eigenvalue weighted by Crippen LogP contribution is -2.38. The second kappa shape index (κ2) is 10.2. The Kier molecular flexibility index (Phi) is 6.83. The fourth-order valence-corrected chi connectivity index (χ4v) is 4.39. The SMILES string of the molecule is O=[N+]([O-])c1ccc(C2=NOC(c3ccc(N4CCC(Oc5ccc(OC(F)(F)F)cc5)CC4)c(F)c3)C2)o1. The van der Waals surface area contributed by atoms with Crippen LogP contribution < -0.4 is 14.4 Å². The summed E-state index contributed by atoms with van der Waals surface area (Å²) in [5.41, 5.74) is 1.40. The maximum absolute atomic E-state index is 15.0. The molecule has 13 heteroatoms. The monoisotopic (exact) mass is 535 g/mol. The summed E-state index contributed by atoms with van der Waals surface area (Å²) in [6.07, 6.45) is -4.00. The molecule has 5 rings (SSSR count). The van der Waals surface area contributed by atoms with Crippen molar-refractivity contribution in [2.75, 3.05) is 18.0 Å². The minimum absolute atomic E-state index is 0.164. The number of alkyl halides is 3. The third-order valence-electron chi connectivity index (χ3n) is 6.21. The minimum Gasteiger partial charge on any atom is -0.490 e. The molecule has 0 spiro atoms. The highest BCUT2D eigenvalue weighted by atomic mass is 19.4. The summed E-state index contributed by atoms with van der Waals surface area (Å²) >= 11 is 0. The van der Waals surface area contributed by atoms with Crippen LogP contribution in [0.5, 0.6) is 11.5 Å². The van der Waals surface area contributed by atoms with Gasteiger partial charge in [0.25, 0.3) is 0 Å². The molecule has 0 saturated carbocycles. The normalized spacial score (nSPS) is 18.2. The maximum atomic E-state index is 15.0. The molecule has 0 radical (unpaired) electrons. The van der Waals surface area contributed by atoms with E-state index in [1.165, 1.54) is 42.5 Å². The molecule has 1 unspecified atom stereocenters. The zero-order valence-electron chi connectivity index (χ0n) is 19.7. The van der Waals surface area contributed by atoms with Crippen molar-refractivity contribution >= 4 is 17.3 Å². The summed E-state index contributed by atoms with van der Waals surface area (Å²) in [7, 11) is 0. The number of rotatable bonds is 7. The molecule has 9 nitrogen and oxygen atoms in total. The van der Waals surface area contributed by atoms with Gasteiger partial charge in [0.1, 0.15) is 34.1 Å². The van der Waals surface area contributed by atoms with Crippen molar-refractivity contribution in [2.24, 2.45) is 5.16 Å². The minimum atomic E-state index is -4.76. The summed E-state index contributed by atoms with van der Waals surface area (Å²) in [4.78, 5) is 17.5. The van der Waals surface area contributed by atoms with Gasteiger partial charge in [-0.25, -0.2) is 4.39 Å². The van der Waals surface area contributed by atoms with Gasteiger partial charge in [0.2, 0.25) is 0 Å². The van der Waals surface area contributed by atoms with Gasteiger partial charge in [0.15, 0.2) is 11.9 Å². The second-order valence-electron chi connectivity index (χ2n) is 8.77. The number of furan rings is 1. The smallest absolute Gasteiger partial charge is 0.490 e. The lowest BCUT2D eigenvalue weighted by Gasteiger charge is -2.34. The molecule has 0 bridgehead atoms. The number of halogens is 4. The third-order valence-corrected chi connectivity index (χ3v) is 6.21. The standard InChI is InChI=1S/C25H21F4N3O6/c26-19-13-15(23-14-20(30-38-23)22-7-8-24(36-22)32(33)34)1-6-21(19)31-11-9-17(10-12-31)35-16-2-4-18(5-3-16)37-25(27,28)29/h1-8,13,17,23H,9-12,14H2. The van der Waals surface area contributed by atoms with Gasteiger partial charge in [-0.2, -0.15) is 0 Å². The van der Waals surface area contributed by atoms with Gasteiger partial charge < -0.3 is 23.6 Å². The van der Waals surface area contributed by atoms with Gasteiger partial charge in [-0.3, -0.25) is 10.1 Å². The van der Waals surface area contributed by atoms with Crippen molar-refractivity contribution < 1.29 is 41.2 Å². The molecule has 3 heterocycles. The molecule has 3 aromatic rings. The lowest BCUT2D eigenvalue weighted by molar-refractivity contribution is -0.402. The first kappa shape index (κ1) is 25.4. The van der Waals surface area contributed by atoms with Crippen LogP contribution in [0.15, 0.2) is 64.2 Å². The number of oxime groups is 1. The Balaban J connectivity index is 1.14. The summed E-state index contributed by atoms with van der Waals surface area (Å²) < 4.78 is 66.8. The van der Waals surface area contributed by atoms with E-state index < -0.39 is 29.1 Å². The number of benzene rings is 2. The van der Waals surface area contributed by atoms with Gasteiger partial charge >= 0.3 is 12.2 Å². The van der Waals surface area contributed by atoms with Gasteiger partial charge in [-0.05, 0) is 48.0 Å². The number of piperidine rings is 1. The van der Waals surface area contributed by atoms with E-state index in [9.17, 15) is 23.3 Å². The predicted molar refractivity (Wildman–Crippen MR) is 126 cm³/mol. The molecule has 2 aliphatic rings. The Morgan fingerprint density at radius 2 is 1.74 bits per heavy atom. The van der Waals surface area contributed by atoms with Gasteiger partial charge in [-0.15, -0.1) is 13.2 Å². The Bertz CT molecular complexity index is 1330. The molecule has 200 valence electrons. The van der Waals surface area contributed by atoms with Gasteiger partial charge in [0.05, 0.1) is 11.8 Å². The van der Waals surface area contributed by atoms with Crippen LogP contribution >= 0.6 is 0 Å². The highest BCUT2D eigenvalue weighted by Crippen LogP contribution is 2.34. The summed E-state index contributed by atoms with van der Waals surface area (Å²) in [6, 6.07) is 12.7. The summed E-state index contributed by atoms with van der Waals surface area (Å²) in [5, 5.41) is 14.8. The highest BCUT2D eigenvalue weighted by Gasteiger charge is 2.31. The fourth-order valence-electron chi connectivity index (χ4n) is 4.39. The molecule has 0 aliphatic carbocycles. The van der Waals surface area contributed by atoms with E-state index in [1.54, 1.807) is 12.1 Å². The van der Waals surface area contributed by atoms with E-state index in [4.69, 9.17) is 14.0 Å². The summed E-state index contributed by atoms with van der Waals surface area (Å²) in [6.45, 7) is 1.06. The third kappa shape index (κ3) is 5.82. The van der Waals surface area contributed by atoms with E-state index in [0.29, 0.717) is 48.6 Å². The van der Waals surface area contributed by atoms with Crippen LogP contribution in [0.1, 0.15) is 36.7 Å². The number of anilines is 1. The molecule has 1 aromatic heterocycles. The Morgan fingerprint density at radius 3 is 2.37 bits per heavy atom.